The molecular formula is C9H11FN2OS. The summed E-state index contributed by atoms with van der Waals surface area (Å²) in [5, 5.41) is 2.60. The lowest BCUT2D eigenvalue weighted by molar-refractivity contribution is -0.113. The molecule has 0 atom stereocenters. The fraction of sp³-hybridized carbons (Fsp3) is 0.222. The molecule has 1 aromatic carbocycles. The number of nitrogens with two attached hydrogens (primary N) is 1. The highest BCUT2D eigenvalue weighted by atomic mass is 32.2. The summed E-state index contributed by atoms with van der Waals surface area (Å²) < 4.78 is 12.7. The Morgan fingerprint density at radius 1 is 1.64 bits per heavy atom. The van der Waals surface area contributed by atoms with Gasteiger partial charge in [-0.1, -0.05) is 0 Å². The van der Waals surface area contributed by atoms with Crippen molar-refractivity contribution < 1.29 is 9.18 Å². The molecule has 0 radical (unpaired) electrons. The molecule has 0 aliphatic carbocycles. The molecule has 0 spiro atoms. The molecule has 3 N–H and O–H groups in total. The maximum Gasteiger partial charge on any atom is 0.234 e. The topological polar surface area (TPSA) is 55.1 Å². The summed E-state index contributed by atoms with van der Waals surface area (Å²) in [4.78, 5) is 11.1. The summed E-state index contributed by atoms with van der Waals surface area (Å²) in [6.07, 6.45) is 1.83. The molecule has 0 saturated carbocycles. The predicted molar refractivity (Wildman–Crippen MR) is 57.8 cm³/mol. The van der Waals surface area contributed by atoms with Crippen molar-refractivity contribution in [1.29, 1.82) is 0 Å². The van der Waals surface area contributed by atoms with Gasteiger partial charge in [-0.25, -0.2) is 4.39 Å². The maximum absolute atomic E-state index is 12.7. The van der Waals surface area contributed by atoms with Crippen molar-refractivity contribution in [3.8, 4) is 0 Å². The van der Waals surface area contributed by atoms with E-state index in [-0.39, 0.29) is 11.6 Å². The average molecular weight is 214 g/mol. The summed E-state index contributed by atoms with van der Waals surface area (Å²) in [5.74, 6) is -0.228. The number of rotatable bonds is 3. The predicted octanol–water partition coefficient (Wildman–Crippen LogP) is 1.71. The molecule has 14 heavy (non-hydrogen) atoms. The Balaban J connectivity index is 2.68. The number of anilines is 2. The van der Waals surface area contributed by atoms with Crippen LogP contribution in [0.3, 0.4) is 0 Å². The lowest BCUT2D eigenvalue weighted by Gasteiger charge is -2.05. The second kappa shape index (κ2) is 4.85. The van der Waals surface area contributed by atoms with E-state index in [9.17, 15) is 9.18 Å². The van der Waals surface area contributed by atoms with Gasteiger partial charge < -0.3 is 11.1 Å². The molecule has 0 aliphatic heterocycles. The van der Waals surface area contributed by atoms with E-state index in [0.717, 1.165) is 0 Å². The fourth-order valence-electron chi connectivity index (χ4n) is 0.950. The largest absolute Gasteiger partial charge is 0.396 e. The Morgan fingerprint density at radius 3 is 2.93 bits per heavy atom. The molecule has 0 bridgehead atoms. The average Bonchev–Trinajstić information content (AvgIpc) is 2.12. The Morgan fingerprint density at radius 2 is 2.36 bits per heavy atom. The van der Waals surface area contributed by atoms with E-state index < -0.39 is 5.82 Å². The molecular weight excluding hydrogens is 203 g/mol. The molecule has 1 amide bonds. The van der Waals surface area contributed by atoms with Gasteiger partial charge in [0.1, 0.15) is 5.82 Å². The van der Waals surface area contributed by atoms with Crippen molar-refractivity contribution >= 4 is 29.0 Å². The van der Waals surface area contributed by atoms with Crippen LogP contribution in [-0.2, 0) is 4.79 Å². The van der Waals surface area contributed by atoms with Crippen molar-refractivity contribution in [3.05, 3.63) is 24.0 Å². The standard InChI is InChI=1S/C9H11FN2OS/c1-14-5-9(13)12-6-2-3-7(10)8(11)4-6/h2-4H,5,11H2,1H3,(H,12,13). The van der Waals surface area contributed by atoms with E-state index in [1.54, 1.807) is 0 Å². The van der Waals surface area contributed by atoms with Gasteiger partial charge in [-0.3, -0.25) is 4.79 Å². The highest BCUT2D eigenvalue weighted by Gasteiger charge is 2.03. The Hall–Kier alpha value is -1.23. The third-order valence-electron chi connectivity index (χ3n) is 1.56. The first-order chi connectivity index (χ1) is 6.63. The molecule has 5 heteroatoms. The summed E-state index contributed by atoms with van der Waals surface area (Å²) in [6, 6.07) is 4.10. The van der Waals surface area contributed by atoms with Gasteiger partial charge in [0.25, 0.3) is 0 Å². The fourth-order valence-corrected chi connectivity index (χ4v) is 1.28. The van der Waals surface area contributed by atoms with E-state index in [1.807, 2.05) is 6.26 Å². The summed E-state index contributed by atoms with van der Waals surface area (Å²) >= 11 is 1.42. The molecule has 0 aliphatic rings. The number of nitrogen functional groups attached to an aromatic ring is 1. The molecule has 1 rings (SSSR count). The van der Waals surface area contributed by atoms with Crippen molar-refractivity contribution in [1.82, 2.24) is 0 Å². The molecule has 3 nitrogen and oxygen atoms in total. The molecule has 1 aromatic rings. The van der Waals surface area contributed by atoms with Gasteiger partial charge in [0.15, 0.2) is 0 Å². The Bertz CT molecular complexity index is 344. The van der Waals surface area contributed by atoms with Gasteiger partial charge in [-0.05, 0) is 24.5 Å². The summed E-state index contributed by atoms with van der Waals surface area (Å²) in [7, 11) is 0. The number of carbonyl (C=O) groups is 1. The number of amides is 1. The van der Waals surface area contributed by atoms with Crippen LogP contribution in [0, 0.1) is 5.82 Å². The SMILES string of the molecule is CSCC(=O)Nc1ccc(F)c(N)c1. The minimum atomic E-state index is -0.479. The van der Waals surface area contributed by atoms with Gasteiger partial charge in [-0.15, -0.1) is 0 Å². The van der Waals surface area contributed by atoms with E-state index in [1.165, 1.54) is 30.0 Å². The highest BCUT2D eigenvalue weighted by Crippen LogP contribution is 2.16. The van der Waals surface area contributed by atoms with Crippen LogP contribution in [0.1, 0.15) is 0 Å². The number of thioether (sulfide) groups is 1. The number of carbonyl (C=O) groups excluding carboxylic acids is 1. The van der Waals surface area contributed by atoms with Crippen LogP contribution in [0.25, 0.3) is 0 Å². The van der Waals surface area contributed by atoms with Crippen molar-refractivity contribution in [2.24, 2.45) is 0 Å². The third kappa shape index (κ3) is 2.92. The minimum absolute atomic E-state index is 0.0342. The molecule has 0 heterocycles. The van der Waals surface area contributed by atoms with Gasteiger partial charge >= 0.3 is 0 Å². The molecule has 76 valence electrons. The van der Waals surface area contributed by atoms with Crippen LogP contribution in [0.5, 0.6) is 0 Å². The summed E-state index contributed by atoms with van der Waals surface area (Å²) in [6.45, 7) is 0. The van der Waals surface area contributed by atoms with E-state index in [0.29, 0.717) is 11.4 Å². The van der Waals surface area contributed by atoms with Crippen LogP contribution in [0.15, 0.2) is 18.2 Å². The van der Waals surface area contributed by atoms with Crippen LogP contribution in [-0.4, -0.2) is 17.9 Å². The summed E-state index contributed by atoms with van der Waals surface area (Å²) in [5.41, 5.74) is 5.89. The molecule has 0 aromatic heterocycles. The van der Waals surface area contributed by atoms with Crippen LogP contribution >= 0.6 is 11.8 Å². The minimum Gasteiger partial charge on any atom is -0.396 e. The zero-order chi connectivity index (χ0) is 10.6. The lowest BCUT2D eigenvalue weighted by Crippen LogP contribution is -2.13. The van der Waals surface area contributed by atoms with Crippen LogP contribution < -0.4 is 11.1 Å². The zero-order valence-electron chi connectivity index (χ0n) is 7.71. The molecule has 0 saturated heterocycles. The number of benzene rings is 1. The number of nitrogens with one attached hydrogen (secondary N) is 1. The molecule has 0 unspecified atom stereocenters. The smallest absolute Gasteiger partial charge is 0.234 e. The quantitative estimate of drug-likeness (QED) is 0.753. The normalized spacial score (nSPS) is 9.86. The molecule has 0 fully saturated rings. The zero-order valence-corrected chi connectivity index (χ0v) is 8.53. The van der Waals surface area contributed by atoms with Crippen LogP contribution in [0.4, 0.5) is 15.8 Å². The maximum atomic E-state index is 12.7. The number of halogens is 1. The van der Waals surface area contributed by atoms with Crippen molar-refractivity contribution in [2.75, 3.05) is 23.1 Å². The first-order valence-electron chi connectivity index (χ1n) is 3.97. The Kier molecular flexibility index (Phi) is 3.76. The third-order valence-corrected chi connectivity index (χ3v) is 2.11. The number of hydrogen-bond acceptors (Lipinski definition) is 3. The van der Waals surface area contributed by atoms with Crippen LogP contribution in [0.2, 0.25) is 0 Å². The number of hydrogen-bond donors (Lipinski definition) is 2. The monoisotopic (exact) mass is 214 g/mol. The lowest BCUT2D eigenvalue weighted by atomic mass is 10.2. The van der Waals surface area contributed by atoms with E-state index in [2.05, 4.69) is 5.32 Å². The first-order valence-corrected chi connectivity index (χ1v) is 5.36. The van der Waals surface area contributed by atoms with Gasteiger partial charge in [-0.2, -0.15) is 11.8 Å². The highest BCUT2D eigenvalue weighted by molar-refractivity contribution is 7.99. The Labute approximate surface area is 85.9 Å². The second-order valence-corrected chi connectivity index (χ2v) is 3.58. The van der Waals surface area contributed by atoms with Gasteiger partial charge in [0.05, 0.1) is 11.4 Å². The van der Waals surface area contributed by atoms with Gasteiger partial charge in [0.2, 0.25) is 5.91 Å². The van der Waals surface area contributed by atoms with E-state index in [4.69, 9.17) is 5.73 Å². The van der Waals surface area contributed by atoms with Crippen molar-refractivity contribution in [2.45, 2.75) is 0 Å². The first kappa shape index (κ1) is 10.8. The van der Waals surface area contributed by atoms with Gasteiger partial charge in [0, 0.05) is 5.69 Å². The second-order valence-electron chi connectivity index (χ2n) is 2.72. The van der Waals surface area contributed by atoms with E-state index >= 15 is 0 Å². The van der Waals surface area contributed by atoms with Crippen molar-refractivity contribution in [3.63, 3.8) is 0 Å².